The summed E-state index contributed by atoms with van der Waals surface area (Å²) >= 11 is 0. The zero-order valence-electron chi connectivity index (χ0n) is 9.34. The van der Waals surface area contributed by atoms with Crippen molar-refractivity contribution in [2.24, 2.45) is 0 Å². The Balaban J connectivity index is 2.43. The molecule has 0 atom stereocenters. The molecule has 0 saturated heterocycles. The molecule has 84 valence electrons. The zero-order valence-corrected chi connectivity index (χ0v) is 9.34. The molecule has 2 aromatic rings. The highest BCUT2D eigenvalue weighted by Crippen LogP contribution is 2.26. The molecule has 0 aliphatic rings. The molecule has 2 heterocycles. The second-order valence-corrected chi connectivity index (χ2v) is 4.55. The third-order valence-electron chi connectivity index (χ3n) is 2.65. The van der Waals surface area contributed by atoms with Gasteiger partial charge in [-0.2, -0.15) is 0 Å². The molecule has 2 rings (SSSR count). The Kier molecular flexibility index (Phi) is 2.42. The predicted octanol–water partition coefficient (Wildman–Crippen LogP) is 2.09. The van der Waals surface area contributed by atoms with E-state index in [4.69, 9.17) is 5.11 Å². The van der Waals surface area contributed by atoms with Crippen LogP contribution < -0.4 is 0 Å². The van der Waals surface area contributed by atoms with Gasteiger partial charge in [-0.25, -0.2) is 4.98 Å². The average Bonchev–Trinajstić information content (AvgIpc) is 2.59. The summed E-state index contributed by atoms with van der Waals surface area (Å²) in [4.78, 5) is 15.2. The molecule has 0 bridgehead atoms. The lowest BCUT2D eigenvalue weighted by molar-refractivity contribution is -0.138. The van der Waals surface area contributed by atoms with E-state index in [2.05, 4.69) is 4.98 Å². The minimum Gasteiger partial charge on any atom is -0.481 e. The quantitative estimate of drug-likeness (QED) is 0.858. The lowest BCUT2D eigenvalue weighted by Gasteiger charge is -2.19. The van der Waals surface area contributed by atoms with Crippen molar-refractivity contribution in [3.8, 4) is 0 Å². The topological polar surface area (TPSA) is 54.6 Å². The molecule has 0 amide bonds. The number of hydrogen-bond acceptors (Lipinski definition) is 2. The molecule has 0 radical (unpaired) electrons. The Bertz CT molecular complexity index is 496. The Labute approximate surface area is 93.5 Å². The molecule has 4 heteroatoms. The number of aliphatic carboxylic acids is 1. The number of rotatable bonds is 3. The maximum Gasteiger partial charge on any atom is 0.304 e. The maximum atomic E-state index is 10.8. The number of fused-ring (bicyclic) bond motifs is 1. The Hall–Kier alpha value is -1.84. The van der Waals surface area contributed by atoms with Crippen molar-refractivity contribution >= 4 is 11.6 Å². The second-order valence-electron chi connectivity index (χ2n) is 4.55. The van der Waals surface area contributed by atoms with Crippen molar-refractivity contribution in [2.75, 3.05) is 0 Å². The summed E-state index contributed by atoms with van der Waals surface area (Å²) in [6.07, 6.45) is 3.87. The number of pyridine rings is 1. The molecule has 0 fully saturated rings. The van der Waals surface area contributed by atoms with Gasteiger partial charge in [-0.1, -0.05) is 19.9 Å². The van der Waals surface area contributed by atoms with Crippen LogP contribution in [0.15, 0.2) is 30.6 Å². The predicted molar refractivity (Wildman–Crippen MR) is 60.5 cm³/mol. The first-order valence-electron chi connectivity index (χ1n) is 5.15. The molecule has 16 heavy (non-hydrogen) atoms. The molecule has 2 aromatic heterocycles. The monoisotopic (exact) mass is 218 g/mol. The fraction of sp³-hybridized carbons (Fsp3) is 0.333. The Morgan fingerprint density at radius 2 is 2.25 bits per heavy atom. The van der Waals surface area contributed by atoms with Gasteiger partial charge in [0, 0.05) is 17.8 Å². The summed E-state index contributed by atoms with van der Waals surface area (Å²) in [5.41, 5.74) is 1.20. The largest absolute Gasteiger partial charge is 0.481 e. The van der Waals surface area contributed by atoms with Crippen LogP contribution in [0.25, 0.3) is 5.65 Å². The van der Waals surface area contributed by atoms with Crippen LogP contribution in [-0.2, 0) is 10.2 Å². The lowest BCUT2D eigenvalue weighted by Crippen LogP contribution is -2.22. The number of carboxylic acids is 1. The smallest absolute Gasteiger partial charge is 0.304 e. The highest BCUT2D eigenvalue weighted by molar-refractivity contribution is 5.68. The van der Waals surface area contributed by atoms with Crippen LogP contribution in [0.2, 0.25) is 0 Å². The average molecular weight is 218 g/mol. The van der Waals surface area contributed by atoms with Crippen LogP contribution in [0, 0.1) is 0 Å². The minimum atomic E-state index is -0.804. The molecule has 0 spiro atoms. The van der Waals surface area contributed by atoms with Gasteiger partial charge in [0.25, 0.3) is 0 Å². The molecule has 0 saturated carbocycles. The maximum absolute atomic E-state index is 10.8. The summed E-state index contributed by atoms with van der Waals surface area (Å²) in [7, 11) is 0. The van der Waals surface area contributed by atoms with Crippen LogP contribution in [0.4, 0.5) is 0 Å². The van der Waals surface area contributed by atoms with Crippen LogP contribution >= 0.6 is 0 Å². The third-order valence-corrected chi connectivity index (χ3v) is 2.65. The van der Waals surface area contributed by atoms with Crippen LogP contribution in [0.5, 0.6) is 0 Å². The molecule has 0 aliphatic carbocycles. The van der Waals surface area contributed by atoms with E-state index in [0.29, 0.717) is 0 Å². The number of imidazole rings is 1. The molecular weight excluding hydrogens is 204 g/mol. The number of aromatic nitrogens is 2. The van der Waals surface area contributed by atoms with Gasteiger partial charge >= 0.3 is 5.97 Å². The number of nitrogens with zero attached hydrogens (tertiary/aromatic N) is 2. The van der Waals surface area contributed by atoms with Gasteiger partial charge in [0.1, 0.15) is 5.65 Å². The van der Waals surface area contributed by atoms with E-state index in [1.807, 2.05) is 48.8 Å². The van der Waals surface area contributed by atoms with Crippen molar-refractivity contribution < 1.29 is 9.90 Å². The second kappa shape index (κ2) is 3.63. The fourth-order valence-electron chi connectivity index (χ4n) is 1.73. The van der Waals surface area contributed by atoms with Crippen molar-refractivity contribution in [1.82, 2.24) is 9.38 Å². The van der Waals surface area contributed by atoms with E-state index in [1.54, 1.807) is 0 Å². The van der Waals surface area contributed by atoms with Crippen molar-refractivity contribution in [3.05, 3.63) is 36.3 Å². The van der Waals surface area contributed by atoms with Gasteiger partial charge in [0.05, 0.1) is 12.1 Å². The van der Waals surface area contributed by atoms with Gasteiger partial charge in [-0.3, -0.25) is 4.79 Å². The highest BCUT2D eigenvalue weighted by Gasteiger charge is 2.26. The van der Waals surface area contributed by atoms with E-state index < -0.39 is 11.4 Å². The zero-order chi connectivity index (χ0) is 11.8. The standard InChI is InChI=1S/C12H14N2O2/c1-12(2,7-11(15)16)9-8-14-6-4-3-5-10(14)13-9/h3-6,8H,7H2,1-2H3,(H,15,16). The van der Waals surface area contributed by atoms with E-state index in [1.165, 1.54) is 0 Å². The lowest BCUT2D eigenvalue weighted by atomic mass is 9.86. The van der Waals surface area contributed by atoms with Crippen molar-refractivity contribution in [3.63, 3.8) is 0 Å². The number of hydrogen-bond donors (Lipinski definition) is 1. The van der Waals surface area contributed by atoms with Gasteiger partial charge < -0.3 is 9.51 Å². The molecule has 4 nitrogen and oxygen atoms in total. The van der Waals surface area contributed by atoms with Crippen LogP contribution in [0.3, 0.4) is 0 Å². The van der Waals surface area contributed by atoms with Crippen molar-refractivity contribution in [1.29, 1.82) is 0 Å². The summed E-state index contributed by atoms with van der Waals surface area (Å²) in [5.74, 6) is -0.804. The summed E-state index contributed by atoms with van der Waals surface area (Å²) in [6.45, 7) is 3.78. The van der Waals surface area contributed by atoms with E-state index >= 15 is 0 Å². The van der Waals surface area contributed by atoms with Crippen LogP contribution in [-0.4, -0.2) is 20.5 Å². The van der Waals surface area contributed by atoms with Gasteiger partial charge in [-0.05, 0) is 12.1 Å². The summed E-state index contributed by atoms with van der Waals surface area (Å²) in [5, 5.41) is 8.85. The van der Waals surface area contributed by atoms with E-state index in [-0.39, 0.29) is 6.42 Å². The fourth-order valence-corrected chi connectivity index (χ4v) is 1.73. The molecular formula is C12H14N2O2. The van der Waals surface area contributed by atoms with Gasteiger partial charge in [0.2, 0.25) is 0 Å². The van der Waals surface area contributed by atoms with Gasteiger partial charge in [0.15, 0.2) is 0 Å². The van der Waals surface area contributed by atoms with Crippen LogP contribution in [0.1, 0.15) is 26.0 Å². The van der Waals surface area contributed by atoms with E-state index in [0.717, 1.165) is 11.3 Å². The Morgan fingerprint density at radius 3 is 2.88 bits per heavy atom. The highest BCUT2D eigenvalue weighted by atomic mass is 16.4. The third kappa shape index (κ3) is 1.91. The Morgan fingerprint density at radius 1 is 1.50 bits per heavy atom. The minimum absolute atomic E-state index is 0.0802. The SMILES string of the molecule is CC(C)(CC(=O)O)c1cn2ccccc2n1. The van der Waals surface area contributed by atoms with E-state index in [9.17, 15) is 4.79 Å². The molecule has 0 unspecified atom stereocenters. The first-order chi connectivity index (χ1) is 7.49. The molecule has 0 aliphatic heterocycles. The van der Waals surface area contributed by atoms with Crippen molar-refractivity contribution in [2.45, 2.75) is 25.7 Å². The molecule has 0 aromatic carbocycles. The number of carboxylic acid groups (broad SMARTS) is 1. The molecule has 1 N–H and O–H groups in total. The summed E-state index contributed by atoms with van der Waals surface area (Å²) in [6, 6.07) is 5.74. The normalized spacial score (nSPS) is 11.9. The summed E-state index contributed by atoms with van der Waals surface area (Å²) < 4.78 is 1.90. The first kappa shape index (κ1) is 10.7. The first-order valence-corrected chi connectivity index (χ1v) is 5.15. The van der Waals surface area contributed by atoms with Gasteiger partial charge in [-0.15, -0.1) is 0 Å². The number of carbonyl (C=O) groups is 1.